The van der Waals surface area contributed by atoms with Crippen LogP contribution in [0.3, 0.4) is 0 Å². The Morgan fingerprint density at radius 2 is 2.06 bits per heavy atom. The minimum Gasteiger partial charge on any atom is -0.381 e. The van der Waals surface area contributed by atoms with Crippen molar-refractivity contribution in [3.05, 3.63) is 40.4 Å². The number of nitrogens with one attached hydrogen (secondary N) is 1. The van der Waals surface area contributed by atoms with Crippen molar-refractivity contribution in [1.29, 1.82) is 0 Å². The van der Waals surface area contributed by atoms with Crippen LogP contribution in [-0.2, 0) is 32.3 Å². The molecule has 0 aliphatic carbocycles. The number of hydrogen-bond donors (Lipinski definition) is 1. The number of benzene rings is 1. The monoisotopic (exact) mass is 491 g/mol. The van der Waals surface area contributed by atoms with Gasteiger partial charge in [0.25, 0.3) is 0 Å². The van der Waals surface area contributed by atoms with E-state index in [0.29, 0.717) is 17.0 Å². The van der Waals surface area contributed by atoms with Gasteiger partial charge < -0.3 is 10.1 Å². The van der Waals surface area contributed by atoms with Crippen LogP contribution in [0.25, 0.3) is 0 Å². The van der Waals surface area contributed by atoms with Crippen LogP contribution in [0, 0.1) is 11.8 Å². The molecule has 0 saturated carbocycles. The van der Waals surface area contributed by atoms with Crippen molar-refractivity contribution in [2.45, 2.75) is 57.5 Å². The number of hydrogen-bond acceptors (Lipinski definition) is 7. The molecule has 0 bridgehead atoms. The minimum atomic E-state index is -3.24. The quantitative estimate of drug-likeness (QED) is 0.599. The van der Waals surface area contributed by atoms with Gasteiger partial charge in [0, 0.05) is 24.6 Å². The summed E-state index contributed by atoms with van der Waals surface area (Å²) in [5.41, 5.74) is 1.86. The Kier molecular flexibility index (Phi) is 7.53. The molecule has 4 rings (SSSR count). The highest BCUT2D eigenvalue weighted by Crippen LogP contribution is 2.43. The number of ether oxygens (including phenoxy) is 1. The van der Waals surface area contributed by atoms with Gasteiger partial charge in [-0.25, -0.2) is 13.4 Å². The van der Waals surface area contributed by atoms with E-state index in [-0.39, 0.29) is 29.0 Å². The molecule has 2 aromatic rings. The number of nitrogens with zero attached hydrogens (tertiary/aromatic N) is 2. The first-order valence-corrected chi connectivity index (χ1v) is 14.2. The Hall–Kier alpha value is -1.81. The topological polar surface area (TPSA) is 88.6 Å². The molecule has 2 aliphatic rings. The molecule has 180 valence electrons. The molecule has 1 N–H and O–H groups in total. The maximum absolute atomic E-state index is 12.6. The third-order valence-corrected chi connectivity index (χ3v) is 9.12. The van der Waals surface area contributed by atoms with Crippen molar-refractivity contribution >= 4 is 32.2 Å². The highest BCUT2D eigenvalue weighted by molar-refractivity contribution is 7.91. The van der Waals surface area contributed by atoms with Crippen molar-refractivity contribution in [2.24, 2.45) is 11.8 Å². The van der Waals surface area contributed by atoms with Gasteiger partial charge in [-0.1, -0.05) is 32.9 Å². The maximum Gasteiger partial charge on any atom is 0.230 e. The van der Waals surface area contributed by atoms with E-state index in [1.165, 1.54) is 11.3 Å². The number of fused-ring (bicyclic) bond motifs is 1. The van der Waals surface area contributed by atoms with Crippen LogP contribution in [0.1, 0.15) is 55.8 Å². The molecule has 33 heavy (non-hydrogen) atoms. The zero-order valence-corrected chi connectivity index (χ0v) is 21.2. The maximum atomic E-state index is 12.6. The van der Waals surface area contributed by atoms with Crippen molar-refractivity contribution in [2.75, 3.05) is 30.8 Å². The lowest BCUT2D eigenvalue weighted by Crippen LogP contribution is -2.34. The molecule has 2 aliphatic heterocycles. The normalized spacial score (nSPS) is 21.3. The van der Waals surface area contributed by atoms with E-state index >= 15 is 0 Å². The third kappa shape index (κ3) is 5.65. The molecule has 1 amide bonds. The molecular weight excluding hydrogens is 458 g/mol. The molecule has 0 radical (unpaired) electrons. The number of anilines is 1. The van der Waals surface area contributed by atoms with Gasteiger partial charge in [-0.3, -0.25) is 9.69 Å². The molecule has 7 nitrogen and oxygen atoms in total. The van der Waals surface area contributed by atoms with Crippen LogP contribution in [0.15, 0.2) is 29.2 Å². The second kappa shape index (κ2) is 10.2. The lowest BCUT2D eigenvalue weighted by atomic mass is 9.98. The first-order chi connectivity index (χ1) is 15.8. The summed E-state index contributed by atoms with van der Waals surface area (Å²) in [5, 5.41) is 3.58. The molecular formula is C24H33N3O4S2. The Bertz CT molecular complexity index is 1070. The standard InChI is InChI=1S/C24H33N3O4S2/c1-4-33(29,30)19-9-7-17(8-10-19)12-21(28)25-24-26-22-20(32-24)14-27(23(22)16(2)3)13-18-6-5-11-31-15-18/h7-10,16,18,23H,4-6,11-15H2,1-3H3,(H,25,26,28)/t18-,23-/m0/s1. The van der Waals surface area contributed by atoms with Crippen LogP contribution in [0.4, 0.5) is 5.13 Å². The zero-order valence-electron chi connectivity index (χ0n) is 19.5. The molecule has 3 heterocycles. The second-order valence-corrected chi connectivity index (χ2v) is 12.7. The second-order valence-electron chi connectivity index (χ2n) is 9.30. The van der Waals surface area contributed by atoms with E-state index in [9.17, 15) is 13.2 Å². The highest BCUT2D eigenvalue weighted by Gasteiger charge is 2.37. The van der Waals surface area contributed by atoms with Crippen LogP contribution in [0.5, 0.6) is 0 Å². The molecule has 2 atom stereocenters. The Labute approximate surface area is 200 Å². The Balaban J connectivity index is 1.38. The van der Waals surface area contributed by atoms with Gasteiger partial charge in [0.15, 0.2) is 15.0 Å². The number of aromatic nitrogens is 1. The molecule has 1 aromatic carbocycles. The molecule has 1 fully saturated rings. The fourth-order valence-electron chi connectivity index (χ4n) is 4.75. The number of sulfone groups is 1. The number of thiazole rings is 1. The van der Waals surface area contributed by atoms with E-state index in [1.54, 1.807) is 42.5 Å². The van der Waals surface area contributed by atoms with E-state index in [4.69, 9.17) is 9.72 Å². The van der Waals surface area contributed by atoms with Gasteiger partial charge in [-0.05, 0) is 42.4 Å². The molecule has 1 aromatic heterocycles. The SMILES string of the molecule is CCS(=O)(=O)c1ccc(CC(=O)Nc2nc3c(s2)CN(C[C@@H]2CCCOC2)[C@H]3C(C)C)cc1. The summed E-state index contributed by atoms with van der Waals surface area (Å²) >= 11 is 1.56. The van der Waals surface area contributed by atoms with Crippen molar-refractivity contribution in [3.63, 3.8) is 0 Å². The summed E-state index contributed by atoms with van der Waals surface area (Å²) in [7, 11) is -3.24. The fraction of sp³-hybridized carbons (Fsp3) is 0.583. The van der Waals surface area contributed by atoms with Gasteiger partial charge in [0.1, 0.15) is 0 Å². The third-order valence-electron chi connectivity index (χ3n) is 6.40. The summed E-state index contributed by atoms with van der Waals surface area (Å²) in [6.45, 7) is 9.69. The summed E-state index contributed by atoms with van der Waals surface area (Å²) in [4.78, 5) is 21.5. The zero-order chi connectivity index (χ0) is 23.6. The summed E-state index contributed by atoms with van der Waals surface area (Å²) in [6.07, 6.45) is 2.53. The number of rotatable bonds is 8. The lowest BCUT2D eigenvalue weighted by Gasteiger charge is -2.32. The van der Waals surface area contributed by atoms with E-state index in [0.717, 1.165) is 44.0 Å². The predicted molar refractivity (Wildman–Crippen MR) is 130 cm³/mol. The summed E-state index contributed by atoms with van der Waals surface area (Å²) < 4.78 is 29.6. The van der Waals surface area contributed by atoms with Crippen LogP contribution < -0.4 is 5.32 Å². The predicted octanol–water partition coefficient (Wildman–Crippen LogP) is 4.06. The van der Waals surface area contributed by atoms with Gasteiger partial charge in [0.05, 0.1) is 35.4 Å². The smallest absolute Gasteiger partial charge is 0.230 e. The number of carbonyl (C=O) groups is 1. The molecule has 9 heteroatoms. The Morgan fingerprint density at radius 3 is 2.70 bits per heavy atom. The molecule has 0 spiro atoms. The highest BCUT2D eigenvalue weighted by atomic mass is 32.2. The average Bonchev–Trinajstić information content (AvgIpc) is 3.31. The fourth-order valence-corrected chi connectivity index (χ4v) is 6.67. The van der Waals surface area contributed by atoms with Crippen LogP contribution in [0.2, 0.25) is 0 Å². The van der Waals surface area contributed by atoms with Crippen LogP contribution >= 0.6 is 11.3 Å². The van der Waals surface area contributed by atoms with Gasteiger partial charge in [-0.2, -0.15) is 0 Å². The summed E-state index contributed by atoms with van der Waals surface area (Å²) in [5.74, 6) is 0.919. The molecule has 0 unspecified atom stereocenters. The van der Waals surface area contributed by atoms with E-state index in [2.05, 4.69) is 24.1 Å². The number of amides is 1. The van der Waals surface area contributed by atoms with Gasteiger partial charge >= 0.3 is 0 Å². The average molecular weight is 492 g/mol. The Morgan fingerprint density at radius 1 is 1.30 bits per heavy atom. The largest absolute Gasteiger partial charge is 0.381 e. The number of carbonyl (C=O) groups excluding carboxylic acids is 1. The first-order valence-electron chi connectivity index (χ1n) is 11.7. The first kappa shape index (κ1) is 24.3. The van der Waals surface area contributed by atoms with E-state index < -0.39 is 9.84 Å². The summed E-state index contributed by atoms with van der Waals surface area (Å²) in [6, 6.07) is 6.80. The van der Waals surface area contributed by atoms with Gasteiger partial charge in [-0.15, -0.1) is 11.3 Å². The van der Waals surface area contributed by atoms with E-state index in [1.807, 2.05) is 0 Å². The van der Waals surface area contributed by atoms with Gasteiger partial charge in [0.2, 0.25) is 5.91 Å². The molecule has 1 saturated heterocycles. The van der Waals surface area contributed by atoms with Crippen molar-refractivity contribution < 1.29 is 17.9 Å². The van der Waals surface area contributed by atoms with Crippen molar-refractivity contribution in [1.82, 2.24) is 9.88 Å². The minimum absolute atomic E-state index is 0.0603. The van der Waals surface area contributed by atoms with Crippen LogP contribution in [-0.4, -0.2) is 49.7 Å². The van der Waals surface area contributed by atoms with Crippen molar-refractivity contribution in [3.8, 4) is 0 Å². The lowest BCUT2D eigenvalue weighted by molar-refractivity contribution is -0.115.